The number of rotatable bonds is 5. The number of benzene rings is 1. The van der Waals surface area contributed by atoms with Crippen LogP contribution in [0.3, 0.4) is 0 Å². The van der Waals surface area contributed by atoms with Gasteiger partial charge in [0.1, 0.15) is 11.9 Å². The molecule has 1 aliphatic rings. The highest BCUT2D eigenvalue weighted by molar-refractivity contribution is 7.72. The molecule has 0 saturated carbocycles. The number of nitrogens with zero attached hydrogens (tertiary/aromatic N) is 3. The maximum Gasteiger partial charge on any atom is 0.292 e. The van der Waals surface area contributed by atoms with Crippen molar-refractivity contribution < 1.29 is 18.1 Å². The van der Waals surface area contributed by atoms with Gasteiger partial charge in [0.25, 0.3) is 5.69 Å². The van der Waals surface area contributed by atoms with Crippen molar-refractivity contribution in [1.29, 1.82) is 0 Å². The minimum absolute atomic E-state index is 0.00405. The smallest absolute Gasteiger partial charge is 0.292 e. The van der Waals surface area contributed by atoms with Crippen molar-refractivity contribution in [2.45, 2.75) is 6.23 Å². The fourth-order valence-electron chi connectivity index (χ4n) is 2.28. The fourth-order valence-corrected chi connectivity index (χ4v) is 2.86. The van der Waals surface area contributed by atoms with Crippen molar-refractivity contribution in [3.63, 3.8) is 0 Å². The third-order valence-electron chi connectivity index (χ3n) is 3.34. The Labute approximate surface area is 124 Å². The van der Waals surface area contributed by atoms with Crippen LogP contribution in [-0.4, -0.2) is 57.1 Å². The van der Waals surface area contributed by atoms with E-state index in [1.165, 1.54) is 6.07 Å². The molecule has 0 bridgehead atoms. The minimum atomic E-state index is -2.49. The molecule has 1 unspecified atom stereocenters. The predicted molar refractivity (Wildman–Crippen MR) is 78.0 cm³/mol. The molecule has 1 heterocycles. The lowest BCUT2D eigenvalue weighted by Crippen LogP contribution is -2.50. The van der Waals surface area contributed by atoms with Crippen molar-refractivity contribution >= 4 is 22.1 Å². The van der Waals surface area contributed by atoms with E-state index in [2.05, 4.69) is 0 Å². The lowest BCUT2D eigenvalue weighted by molar-refractivity contribution is -0.384. The highest BCUT2D eigenvalue weighted by Gasteiger charge is 2.27. The van der Waals surface area contributed by atoms with Gasteiger partial charge < -0.3 is 9.64 Å². The molecule has 1 atom stereocenters. The number of para-hydroxylation sites is 2. The Hall–Kier alpha value is -1.71. The average molecular weight is 315 g/mol. The van der Waals surface area contributed by atoms with Crippen molar-refractivity contribution in [1.82, 2.24) is 4.90 Å². The molecule has 1 fully saturated rings. The average Bonchev–Trinajstić information content (AvgIpc) is 2.46. The van der Waals surface area contributed by atoms with Gasteiger partial charge in [-0.05, 0) is 6.07 Å². The molecule has 0 radical (unpaired) electrons. The zero-order chi connectivity index (χ0) is 15.4. The fraction of sp³-hybridized carbons (Fsp3) is 0.500. The van der Waals surface area contributed by atoms with E-state index in [1.807, 2.05) is 0 Å². The lowest BCUT2D eigenvalue weighted by Gasteiger charge is -2.37. The summed E-state index contributed by atoms with van der Waals surface area (Å²) in [5.41, 5.74) is 0.441. The second-order valence-electron chi connectivity index (χ2n) is 4.73. The Kier molecular flexibility index (Phi) is 5.10. The third kappa shape index (κ3) is 3.90. The summed E-state index contributed by atoms with van der Waals surface area (Å²) in [5, 5.41) is 11.1. The topological polar surface area (TPSA) is 93.0 Å². The monoisotopic (exact) mass is 315 g/mol. The highest BCUT2D eigenvalue weighted by atomic mass is 32.2. The Bertz CT molecular complexity index is 584. The number of thiol groups is 1. The summed E-state index contributed by atoms with van der Waals surface area (Å²) in [6, 6.07) is 6.40. The zero-order valence-corrected chi connectivity index (χ0v) is 12.4. The van der Waals surface area contributed by atoms with E-state index in [0.717, 1.165) is 0 Å². The van der Waals surface area contributed by atoms with E-state index < -0.39 is 21.9 Å². The van der Waals surface area contributed by atoms with Crippen molar-refractivity contribution in [2.75, 3.05) is 37.5 Å². The number of hydrogen-bond acceptors (Lipinski definition) is 7. The molecule has 2 rings (SSSR count). The van der Waals surface area contributed by atoms with E-state index in [0.29, 0.717) is 25.4 Å². The van der Waals surface area contributed by atoms with Crippen LogP contribution in [0.4, 0.5) is 11.4 Å². The van der Waals surface area contributed by atoms with E-state index in [-0.39, 0.29) is 11.6 Å². The first-order chi connectivity index (χ1) is 9.99. The first kappa shape index (κ1) is 15.7. The van der Waals surface area contributed by atoms with Gasteiger partial charge in [-0.2, -0.15) is 0 Å². The molecule has 1 aliphatic heterocycles. The van der Waals surface area contributed by atoms with Gasteiger partial charge >= 0.3 is 0 Å². The molecule has 0 amide bonds. The van der Waals surface area contributed by atoms with Crippen LogP contribution in [0.5, 0.6) is 0 Å². The summed E-state index contributed by atoms with van der Waals surface area (Å²) >= 11 is 0. The number of nitro benzene ring substituents is 1. The van der Waals surface area contributed by atoms with Gasteiger partial charge in [0.2, 0.25) is 0 Å². The molecule has 116 valence electrons. The van der Waals surface area contributed by atoms with E-state index in [4.69, 9.17) is 4.74 Å². The van der Waals surface area contributed by atoms with Crippen LogP contribution in [0.2, 0.25) is 0 Å². The third-order valence-corrected chi connectivity index (χ3v) is 3.97. The molecule has 1 aromatic rings. The van der Waals surface area contributed by atoms with Crippen LogP contribution in [-0.2, 0) is 15.4 Å². The van der Waals surface area contributed by atoms with Crippen LogP contribution < -0.4 is 4.90 Å². The molecule has 0 spiro atoms. The van der Waals surface area contributed by atoms with Gasteiger partial charge in [-0.25, -0.2) is 8.42 Å². The van der Waals surface area contributed by atoms with E-state index >= 15 is 0 Å². The van der Waals surface area contributed by atoms with Gasteiger partial charge in [0.15, 0.2) is 10.7 Å². The van der Waals surface area contributed by atoms with Gasteiger partial charge in [-0.3, -0.25) is 15.0 Å². The predicted octanol–water partition coefficient (Wildman–Crippen LogP) is 0.258. The van der Waals surface area contributed by atoms with Gasteiger partial charge in [0, 0.05) is 26.2 Å². The summed E-state index contributed by atoms with van der Waals surface area (Å²) < 4.78 is 27.2. The Morgan fingerprint density at radius 1 is 1.48 bits per heavy atom. The molecule has 0 N–H and O–H groups in total. The lowest BCUT2D eigenvalue weighted by atomic mass is 10.2. The van der Waals surface area contributed by atoms with Crippen LogP contribution in [0.1, 0.15) is 0 Å². The van der Waals surface area contributed by atoms with Gasteiger partial charge in [0.05, 0.1) is 17.4 Å². The molecular weight excluding hydrogens is 298 g/mol. The van der Waals surface area contributed by atoms with Gasteiger partial charge in [-0.15, -0.1) is 0 Å². The number of morpholine rings is 1. The van der Waals surface area contributed by atoms with E-state index in [1.54, 1.807) is 35.0 Å². The first-order valence-electron chi connectivity index (χ1n) is 6.41. The quantitative estimate of drug-likeness (QED) is 0.473. The molecule has 1 aromatic carbocycles. The summed E-state index contributed by atoms with van der Waals surface area (Å²) in [4.78, 5) is 14.0. The number of nitro groups is 1. The van der Waals surface area contributed by atoms with Crippen LogP contribution >= 0.6 is 0 Å². The van der Waals surface area contributed by atoms with Crippen LogP contribution in [0.25, 0.3) is 0 Å². The van der Waals surface area contributed by atoms with E-state index in [9.17, 15) is 18.5 Å². The molecule has 9 heteroatoms. The maximum absolute atomic E-state index is 11.1. The number of likely N-dealkylation sites (N-methyl/N-ethyl adjacent to an activating group) is 1. The normalized spacial score (nSPS) is 19.6. The summed E-state index contributed by atoms with van der Waals surface area (Å²) in [6.07, 6.45) is -0.421. The largest absolute Gasteiger partial charge is 0.356 e. The summed E-state index contributed by atoms with van der Waals surface area (Å²) in [7, 11) is -0.787. The molecule has 21 heavy (non-hydrogen) atoms. The molecule has 0 aliphatic carbocycles. The summed E-state index contributed by atoms with van der Waals surface area (Å²) in [6.45, 7) is 1.30. The first-order valence-corrected chi connectivity index (χ1v) is 7.77. The Morgan fingerprint density at radius 2 is 2.19 bits per heavy atom. The second-order valence-corrected chi connectivity index (χ2v) is 5.68. The van der Waals surface area contributed by atoms with Crippen molar-refractivity contribution in [3.05, 3.63) is 34.4 Å². The Balaban J connectivity index is 2.16. The molecule has 1 saturated heterocycles. The second kappa shape index (κ2) is 6.83. The van der Waals surface area contributed by atoms with Crippen LogP contribution in [0.15, 0.2) is 24.3 Å². The van der Waals surface area contributed by atoms with Gasteiger partial charge in [-0.1, -0.05) is 12.1 Å². The van der Waals surface area contributed by atoms with Crippen molar-refractivity contribution in [2.24, 2.45) is 0 Å². The maximum atomic E-state index is 11.1. The minimum Gasteiger partial charge on any atom is -0.356 e. The van der Waals surface area contributed by atoms with Crippen molar-refractivity contribution in [3.8, 4) is 0 Å². The zero-order valence-electron chi connectivity index (χ0n) is 11.5. The molecule has 0 aromatic heterocycles. The molecular formula is C12H17N3O5S. The highest BCUT2D eigenvalue weighted by Crippen LogP contribution is 2.28. The Morgan fingerprint density at radius 3 is 2.86 bits per heavy atom. The summed E-state index contributed by atoms with van der Waals surface area (Å²) in [5.74, 6) is -0.0279. The SMILES string of the molecule is CN(c1ccccc1[N+](=O)[O-])C1CN(C[SH](=O)=O)CCO1. The number of anilines is 1. The molecule has 8 nitrogen and oxygen atoms in total. The standard InChI is InChI=1S/C12H17N3O5S/c1-13(10-4-2-3-5-11(10)15(16)17)12-8-14(6-7-20-12)9-21(18)19/h2-5,12,21H,6-9H2,1H3. The number of hydrogen-bond donors (Lipinski definition) is 1. The number of ether oxygens (including phenoxy) is 1. The van der Waals surface area contributed by atoms with Crippen LogP contribution in [0, 0.1) is 10.1 Å².